The number of rotatable bonds is 7. The molecule has 1 aliphatic rings. The lowest BCUT2D eigenvalue weighted by Gasteiger charge is -2.19. The molecule has 0 fully saturated rings. The van der Waals surface area contributed by atoms with Gasteiger partial charge in [-0.2, -0.15) is 8.42 Å². The highest BCUT2D eigenvalue weighted by molar-refractivity contribution is 7.86. The lowest BCUT2D eigenvalue weighted by Crippen LogP contribution is -2.37. The molecule has 3 aromatic carbocycles. The van der Waals surface area contributed by atoms with Crippen molar-refractivity contribution in [2.24, 2.45) is 0 Å². The number of nitrogens with zero attached hydrogens (tertiary/aromatic N) is 1. The topological polar surface area (TPSA) is 90.0 Å². The highest BCUT2D eigenvalue weighted by Gasteiger charge is 2.39. The van der Waals surface area contributed by atoms with Crippen molar-refractivity contribution >= 4 is 45.1 Å². The minimum absolute atomic E-state index is 0.0363. The minimum Gasteiger partial charge on any atom is -0.495 e. The van der Waals surface area contributed by atoms with Gasteiger partial charge in [0.25, 0.3) is 21.9 Å². The Balaban J connectivity index is 1.86. The van der Waals surface area contributed by atoms with E-state index in [2.05, 4.69) is 0 Å². The van der Waals surface area contributed by atoms with Crippen LogP contribution < -0.4 is 4.74 Å². The normalized spacial score (nSPS) is 14.2. The van der Waals surface area contributed by atoms with Crippen LogP contribution in [-0.2, 0) is 14.3 Å². The second-order valence-electron chi connectivity index (χ2n) is 8.19. The molecule has 0 saturated carbocycles. The summed E-state index contributed by atoms with van der Waals surface area (Å²) in [7, 11) is -2.41. The predicted molar refractivity (Wildman–Crippen MR) is 135 cm³/mol. The standard InChI is InChI=1S/C25H20Cl2FNO6S/c1-13(35-36(3,32)33)12-29-24(30)16-7-4-6-15(21(16)25(29)31)17-10-14(28)11-18(23(17)34-2)22-19(26)8-5-9-20(22)27/h4-11,13H,12H2,1-3H3. The van der Waals surface area contributed by atoms with Crippen LogP contribution >= 0.6 is 23.2 Å². The molecular weight excluding hydrogens is 532 g/mol. The van der Waals surface area contributed by atoms with Gasteiger partial charge in [-0.05, 0) is 42.8 Å². The van der Waals surface area contributed by atoms with E-state index in [1.54, 1.807) is 30.3 Å². The third kappa shape index (κ3) is 4.84. The summed E-state index contributed by atoms with van der Waals surface area (Å²) in [4.78, 5) is 27.3. The Morgan fingerprint density at radius 3 is 2.11 bits per heavy atom. The summed E-state index contributed by atoms with van der Waals surface area (Å²) in [5, 5.41) is 0.542. The van der Waals surface area contributed by atoms with Crippen LogP contribution in [0.4, 0.5) is 4.39 Å². The van der Waals surface area contributed by atoms with Crippen LogP contribution in [0.15, 0.2) is 48.5 Å². The third-order valence-corrected chi connectivity index (χ3v) is 6.87. The van der Waals surface area contributed by atoms with Crippen molar-refractivity contribution in [2.45, 2.75) is 13.0 Å². The van der Waals surface area contributed by atoms with Gasteiger partial charge in [0.1, 0.15) is 11.6 Å². The largest absolute Gasteiger partial charge is 0.495 e. The number of carbonyl (C=O) groups is 2. The number of benzene rings is 3. The Hall–Kier alpha value is -2.98. The Morgan fingerprint density at radius 1 is 0.917 bits per heavy atom. The molecule has 4 rings (SSSR count). The zero-order chi connectivity index (χ0) is 26.4. The minimum atomic E-state index is -3.80. The van der Waals surface area contributed by atoms with Gasteiger partial charge in [0.15, 0.2) is 0 Å². The number of amides is 2. The van der Waals surface area contributed by atoms with Gasteiger partial charge < -0.3 is 4.74 Å². The summed E-state index contributed by atoms with van der Waals surface area (Å²) in [6, 6.07) is 11.9. The van der Waals surface area contributed by atoms with E-state index in [-0.39, 0.29) is 50.2 Å². The number of fused-ring (bicyclic) bond motifs is 1. The van der Waals surface area contributed by atoms with Crippen molar-refractivity contribution in [2.75, 3.05) is 19.9 Å². The van der Waals surface area contributed by atoms with E-state index in [0.717, 1.165) is 11.2 Å². The van der Waals surface area contributed by atoms with Crippen LogP contribution in [0.5, 0.6) is 5.75 Å². The molecule has 1 unspecified atom stereocenters. The van der Waals surface area contributed by atoms with E-state index in [1.165, 1.54) is 32.2 Å². The molecule has 0 N–H and O–H groups in total. The van der Waals surface area contributed by atoms with Crippen LogP contribution in [0.3, 0.4) is 0 Å². The summed E-state index contributed by atoms with van der Waals surface area (Å²) in [5.41, 5.74) is 1.21. The molecule has 188 valence electrons. The Kier molecular flexibility index (Phi) is 7.12. The quantitative estimate of drug-likeness (QED) is 0.287. The molecule has 1 heterocycles. The van der Waals surface area contributed by atoms with Crippen molar-refractivity contribution < 1.29 is 31.3 Å². The third-order valence-electron chi connectivity index (χ3n) is 5.56. The SMILES string of the molecule is COc1c(-c2cccc3c2C(=O)N(CC(C)OS(C)(=O)=O)C3=O)cc(F)cc1-c1c(Cl)cccc1Cl. The van der Waals surface area contributed by atoms with E-state index < -0.39 is 33.9 Å². The second-order valence-corrected chi connectivity index (χ2v) is 10.6. The fraction of sp³-hybridized carbons (Fsp3) is 0.200. The first kappa shape index (κ1) is 26.1. The van der Waals surface area contributed by atoms with E-state index in [4.69, 9.17) is 32.1 Å². The maximum Gasteiger partial charge on any atom is 0.264 e. The van der Waals surface area contributed by atoms with Gasteiger partial charge in [-0.1, -0.05) is 41.4 Å². The highest BCUT2D eigenvalue weighted by Crippen LogP contribution is 2.46. The summed E-state index contributed by atoms with van der Waals surface area (Å²) < 4.78 is 48.4. The molecule has 0 aromatic heterocycles. The van der Waals surface area contributed by atoms with Crippen LogP contribution in [0.1, 0.15) is 27.6 Å². The molecule has 0 spiro atoms. The molecule has 11 heteroatoms. The van der Waals surface area contributed by atoms with Gasteiger partial charge in [-0.25, -0.2) is 4.39 Å². The maximum absolute atomic E-state index is 14.9. The van der Waals surface area contributed by atoms with E-state index in [9.17, 15) is 22.4 Å². The monoisotopic (exact) mass is 551 g/mol. The van der Waals surface area contributed by atoms with Crippen LogP contribution in [-0.4, -0.2) is 51.1 Å². The molecule has 0 bridgehead atoms. The first-order chi connectivity index (χ1) is 16.9. The summed E-state index contributed by atoms with van der Waals surface area (Å²) in [6.07, 6.45) is -0.0911. The Bertz CT molecular complexity index is 1490. The van der Waals surface area contributed by atoms with Gasteiger partial charge in [0.2, 0.25) is 0 Å². The molecular formula is C25H20Cl2FNO6S. The molecule has 3 aromatic rings. The number of hydrogen-bond donors (Lipinski definition) is 0. The van der Waals surface area contributed by atoms with Gasteiger partial charge in [0.05, 0.1) is 47.2 Å². The van der Waals surface area contributed by atoms with Crippen LogP contribution in [0.2, 0.25) is 10.0 Å². The number of ether oxygens (including phenoxy) is 1. The average molecular weight is 552 g/mol. The molecule has 36 heavy (non-hydrogen) atoms. The zero-order valence-electron chi connectivity index (χ0n) is 19.3. The number of hydrogen-bond acceptors (Lipinski definition) is 6. The van der Waals surface area contributed by atoms with Crippen LogP contribution in [0, 0.1) is 5.82 Å². The first-order valence-corrected chi connectivity index (χ1v) is 13.2. The van der Waals surface area contributed by atoms with Crippen molar-refractivity contribution in [1.82, 2.24) is 4.90 Å². The fourth-order valence-corrected chi connectivity index (χ4v) is 5.52. The summed E-state index contributed by atoms with van der Waals surface area (Å²) >= 11 is 12.7. The lowest BCUT2D eigenvalue weighted by atomic mass is 9.92. The molecule has 0 aliphatic carbocycles. The molecule has 1 atom stereocenters. The zero-order valence-corrected chi connectivity index (χ0v) is 21.7. The Morgan fingerprint density at radius 2 is 1.50 bits per heavy atom. The second kappa shape index (κ2) is 9.82. The number of halogens is 3. The van der Waals surface area contributed by atoms with Crippen molar-refractivity contribution in [1.29, 1.82) is 0 Å². The molecule has 0 saturated heterocycles. The molecule has 2 amide bonds. The molecule has 0 radical (unpaired) electrons. The first-order valence-electron chi connectivity index (χ1n) is 10.6. The van der Waals surface area contributed by atoms with Crippen molar-refractivity contribution in [3.05, 3.63) is 75.5 Å². The summed E-state index contributed by atoms with van der Waals surface area (Å²) in [6.45, 7) is 1.14. The predicted octanol–water partition coefficient (Wildman–Crippen LogP) is 5.44. The molecule has 7 nitrogen and oxygen atoms in total. The number of methoxy groups -OCH3 is 1. The van der Waals surface area contributed by atoms with Crippen molar-refractivity contribution in [3.8, 4) is 28.0 Å². The summed E-state index contributed by atoms with van der Waals surface area (Å²) in [5.74, 6) is -1.73. The number of carbonyl (C=O) groups excluding carboxylic acids is 2. The average Bonchev–Trinajstić information content (AvgIpc) is 3.02. The van der Waals surface area contributed by atoms with E-state index in [1.807, 2.05) is 0 Å². The van der Waals surface area contributed by atoms with E-state index >= 15 is 0 Å². The van der Waals surface area contributed by atoms with E-state index in [0.29, 0.717) is 5.56 Å². The lowest BCUT2D eigenvalue weighted by molar-refractivity contribution is 0.0588. The fourth-order valence-electron chi connectivity index (χ4n) is 4.26. The van der Waals surface area contributed by atoms with Gasteiger partial charge in [-0.3, -0.25) is 18.7 Å². The van der Waals surface area contributed by atoms with Gasteiger partial charge in [0, 0.05) is 16.7 Å². The van der Waals surface area contributed by atoms with Crippen LogP contribution in [0.25, 0.3) is 22.3 Å². The highest BCUT2D eigenvalue weighted by atomic mass is 35.5. The van der Waals surface area contributed by atoms with Gasteiger partial charge in [-0.15, -0.1) is 0 Å². The Labute approximate surface area is 217 Å². The number of imide groups is 1. The van der Waals surface area contributed by atoms with Crippen molar-refractivity contribution in [3.63, 3.8) is 0 Å². The molecule has 1 aliphatic heterocycles. The smallest absolute Gasteiger partial charge is 0.264 e. The van der Waals surface area contributed by atoms with Gasteiger partial charge >= 0.3 is 0 Å². The maximum atomic E-state index is 14.9.